The summed E-state index contributed by atoms with van der Waals surface area (Å²) in [7, 11) is 0. The lowest BCUT2D eigenvalue weighted by Crippen LogP contribution is -1.95. The molecule has 4 rings (SSSR count). The van der Waals surface area contributed by atoms with Crippen molar-refractivity contribution < 1.29 is 14.3 Å². The molecule has 1 aliphatic heterocycles. The van der Waals surface area contributed by atoms with Gasteiger partial charge in [0.05, 0.1) is 11.4 Å². The van der Waals surface area contributed by atoms with E-state index in [4.69, 9.17) is 9.47 Å². The molecule has 2 heterocycles. The van der Waals surface area contributed by atoms with E-state index in [1.807, 2.05) is 56.3 Å². The highest BCUT2D eigenvalue weighted by molar-refractivity contribution is 6.06. The third kappa shape index (κ3) is 3.11. The van der Waals surface area contributed by atoms with Gasteiger partial charge in [0.15, 0.2) is 17.3 Å². The van der Waals surface area contributed by atoms with Gasteiger partial charge in [0.1, 0.15) is 0 Å². The highest BCUT2D eigenvalue weighted by atomic mass is 16.7. The zero-order chi connectivity index (χ0) is 18.1. The summed E-state index contributed by atoms with van der Waals surface area (Å²) in [6, 6.07) is 13.3. The first kappa shape index (κ1) is 16.1. The number of carbonyl (C=O) groups is 1. The molecule has 26 heavy (non-hydrogen) atoms. The minimum Gasteiger partial charge on any atom is -0.454 e. The Kier molecular flexibility index (Phi) is 4.05. The molecule has 1 N–H and O–H groups in total. The predicted octanol–water partition coefficient (Wildman–Crippen LogP) is 4.32. The van der Waals surface area contributed by atoms with E-state index in [1.165, 1.54) is 5.56 Å². The second-order valence-electron chi connectivity index (χ2n) is 6.27. The lowest BCUT2D eigenvalue weighted by atomic mass is 10.0. The Morgan fingerprint density at radius 1 is 1.04 bits per heavy atom. The molecule has 130 valence electrons. The summed E-state index contributed by atoms with van der Waals surface area (Å²) in [6.45, 7) is 4.28. The van der Waals surface area contributed by atoms with E-state index in [-0.39, 0.29) is 12.6 Å². The third-order valence-electron chi connectivity index (χ3n) is 4.47. The van der Waals surface area contributed by atoms with E-state index in [0.29, 0.717) is 11.3 Å². The minimum absolute atomic E-state index is 0.0349. The number of rotatable bonds is 4. The number of allylic oxidation sites excluding steroid dienone is 1. The molecule has 0 saturated heterocycles. The van der Waals surface area contributed by atoms with E-state index in [2.05, 4.69) is 10.2 Å². The number of fused-ring (bicyclic) bond motifs is 1. The van der Waals surface area contributed by atoms with Gasteiger partial charge in [0.2, 0.25) is 6.79 Å². The molecule has 0 radical (unpaired) electrons. The van der Waals surface area contributed by atoms with Gasteiger partial charge in [-0.1, -0.05) is 12.1 Å². The van der Waals surface area contributed by atoms with Gasteiger partial charge in [-0.15, -0.1) is 0 Å². The molecule has 2 aromatic carbocycles. The van der Waals surface area contributed by atoms with Crippen molar-refractivity contribution in [1.29, 1.82) is 0 Å². The zero-order valence-electron chi connectivity index (χ0n) is 14.6. The molecular weight excluding hydrogens is 328 g/mol. The summed E-state index contributed by atoms with van der Waals surface area (Å²) in [5.74, 6) is 1.42. The molecule has 0 amide bonds. The van der Waals surface area contributed by atoms with Crippen LogP contribution in [0.2, 0.25) is 0 Å². The van der Waals surface area contributed by atoms with E-state index >= 15 is 0 Å². The number of aryl methyl sites for hydroxylation is 2. The maximum absolute atomic E-state index is 12.3. The molecule has 1 aromatic heterocycles. The van der Waals surface area contributed by atoms with Crippen LogP contribution in [0.25, 0.3) is 17.3 Å². The number of hydrogen-bond acceptors (Lipinski definition) is 4. The topological polar surface area (TPSA) is 64.2 Å². The van der Waals surface area contributed by atoms with Crippen molar-refractivity contribution in [1.82, 2.24) is 10.2 Å². The average Bonchev–Trinajstić information content (AvgIpc) is 3.30. The second kappa shape index (κ2) is 6.52. The summed E-state index contributed by atoms with van der Waals surface area (Å²) in [5.41, 5.74) is 5.42. The SMILES string of the molecule is Cc1ccc(C(=O)/C=C/c2cc(-c3ccc4c(c3)OCO4)n[nH]2)cc1C. The quantitative estimate of drug-likeness (QED) is 0.564. The van der Waals surface area contributed by atoms with E-state index in [0.717, 1.165) is 28.3 Å². The lowest BCUT2D eigenvalue weighted by molar-refractivity contribution is 0.104. The summed E-state index contributed by atoms with van der Waals surface area (Å²) >= 11 is 0. The monoisotopic (exact) mass is 346 g/mol. The number of hydrogen-bond donors (Lipinski definition) is 1. The molecule has 0 unspecified atom stereocenters. The van der Waals surface area contributed by atoms with E-state index in [1.54, 1.807) is 12.2 Å². The minimum atomic E-state index is -0.0349. The maximum Gasteiger partial charge on any atom is 0.231 e. The summed E-state index contributed by atoms with van der Waals surface area (Å²) in [5, 5.41) is 7.24. The van der Waals surface area contributed by atoms with Crippen LogP contribution in [0, 0.1) is 13.8 Å². The largest absolute Gasteiger partial charge is 0.454 e. The Labute approximate surface area is 151 Å². The molecule has 0 fully saturated rings. The Balaban J connectivity index is 1.52. The van der Waals surface area contributed by atoms with Crippen molar-refractivity contribution >= 4 is 11.9 Å². The van der Waals surface area contributed by atoms with Gasteiger partial charge in [0, 0.05) is 11.1 Å². The summed E-state index contributed by atoms with van der Waals surface area (Å²) in [4.78, 5) is 12.3. The smallest absolute Gasteiger partial charge is 0.231 e. The summed E-state index contributed by atoms with van der Waals surface area (Å²) in [6.07, 6.45) is 3.29. The van der Waals surface area contributed by atoms with Crippen molar-refractivity contribution in [2.24, 2.45) is 0 Å². The van der Waals surface area contributed by atoms with Crippen molar-refractivity contribution in [2.75, 3.05) is 6.79 Å². The highest BCUT2D eigenvalue weighted by Crippen LogP contribution is 2.35. The summed E-state index contributed by atoms with van der Waals surface area (Å²) < 4.78 is 10.7. The molecule has 0 bridgehead atoms. The average molecular weight is 346 g/mol. The number of ether oxygens (including phenoxy) is 2. The van der Waals surface area contributed by atoms with Crippen molar-refractivity contribution in [3.63, 3.8) is 0 Å². The number of benzene rings is 2. The van der Waals surface area contributed by atoms with E-state index < -0.39 is 0 Å². The third-order valence-corrected chi connectivity index (χ3v) is 4.47. The van der Waals surface area contributed by atoms with Crippen LogP contribution in [0.4, 0.5) is 0 Å². The van der Waals surface area contributed by atoms with Gasteiger partial charge in [-0.3, -0.25) is 9.89 Å². The highest BCUT2D eigenvalue weighted by Gasteiger charge is 2.14. The first-order chi connectivity index (χ1) is 12.6. The fourth-order valence-corrected chi connectivity index (χ4v) is 2.78. The number of nitrogens with one attached hydrogen (secondary N) is 1. The maximum atomic E-state index is 12.3. The standard InChI is InChI=1S/C21H18N2O3/c1-13-3-4-16(9-14(13)2)19(24)7-6-17-11-18(23-22-17)15-5-8-20-21(10-15)26-12-25-20/h3-11H,12H2,1-2H3,(H,22,23)/b7-6+. The predicted molar refractivity (Wildman–Crippen MR) is 99.4 cm³/mol. The molecule has 0 saturated carbocycles. The van der Waals surface area contributed by atoms with Crippen LogP contribution in [0.15, 0.2) is 48.5 Å². The number of nitrogens with zero attached hydrogens (tertiary/aromatic N) is 1. The second-order valence-corrected chi connectivity index (χ2v) is 6.27. The normalized spacial score (nSPS) is 12.7. The number of aromatic amines is 1. The molecule has 0 spiro atoms. The zero-order valence-corrected chi connectivity index (χ0v) is 14.6. The Bertz CT molecular complexity index is 1020. The molecule has 0 atom stereocenters. The lowest BCUT2D eigenvalue weighted by Gasteiger charge is -2.01. The fourth-order valence-electron chi connectivity index (χ4n) is 2.78. The first-order valence-electron chi connectivity index (χ1n) is 8.35. The van der Waals surface area contributed by atoms with Gasteiger partial charge in [-0.25, -0.2) is 0 Å². The van der Waals surface area contributed by atoms with Gasteiger partial charge in [-0.05, 0) is 67.5 Å². The Hall–Kier alpha value is -3.34. The van der Waals surface area contributed by atoms with Gasteiger partial charge < -0.3 is 9.47 Å². The Morgan fingerprint density at radius 2 is 1.88 bits per heavy atom. The Morgan fingerprint density at radius 3 is 2.73 bits per heavy atom. The number of carbonyl (C=O) groups excluding carboxylic acids is 1. The van der Waals surface area contributed by atoms with Crippen LogP contribution >= 0.6 is 0 Å². The van der Waals surface area contributed by atoms with Crippen LogP contribution in [0.1, 0.15) is 27.2 Å². The number of H-pyrrole nitrogens is 1. The fraction of sp³-hybridized carbons (Fsp3) is 0.143. The molecule has 5 heteroatoms. The number of aromatic nitrogens is 2. The first-order valence-corrected chi connectivity index (χ1v) is 8.35. The van der Waals surface area contributed by atoms with Crippen LogP contribution in [0.3, 0.4) is 0 Å². The molecule has 5 nitrogen and oxygen atoms in total. The van der Waals surface area contributed by atoms with Gasteiger partial charge in [-0.2, -0.15) is 5.10 Å². The van der Waals surface area contributed by atoms with Crippen molar-refractivity contribution in [3.05, 3.63) is 70.9 Å². The van der Waals surface area contributed by atoms with Gasteiger partial charge in [0.25, 0.3) is 0 Å². The van der Waals surface area contributed by atoms with Crippen molar-refractivity contribution in [2.45, 2.75) is 13.8 Å². The molecular formula is C21H18N2O3. The van der Waals surface area contributed by atoms with Crippen LogP contribution < -0.4 is 9.47 Å². The van der Waals surface area contributed by atoms with E-state index in [9.17, 15) is 4.79 Å². The molecule has 3 aromatic rings. The number of ketones is 1. The van der Waals surface area contributed by atoms with Gasteiger partial charge >= 0.3 is 0 Å². The molecule has 0 aliphatic carbocycles. The van der Waals surface area contributed by atoms with Crippen molar-refractivity contribution in [3.8, 4) is 22.8 Å². The van der Waals surface area contributed by atoms with Crippen LogP contribution in [-0.2, 0) is 0 Å². The van der Waals surface area contributed by atoms with Crippen LogP contribution in [0.5, 0.6) is 11.5 Å². The van der Waals surface area contributed by atoms with Crippen LogP contribution in [-0.4, -0.2) is 22.8 Å². The molecule has 1 aliphatic rings.